The van der Waals surface area contributed by atoms with Crippen LogP contribution in [0.15, 0.2) is 12.1 Å². The second kappa shape index (κ2) is 4.61. The number of benzene rings is 1. The molecule has 0 amide bonds. The molecule has 0 aliphatic carbocycles. The molecule has 86 valence electrons. The molecule has 1 aromatic carbocycles. The maximum atomic E-state index is 13.6. The van der Waals surface area contributed by atoms with Gasteiger partial charge >= 0.3 is 11.9 Å². The number of phenols is 1. The topological polar surface area (TPSA) is 72.8 Å². The summed E-state index contributed by atoms with van der Waals surface area (Å²) in [6.45, 7) is 0. The Bertz CT molecular complexity index is 404. The molecule has 0 aliphatic rings. The highest BCUT2D eigenvalue weighted by atomic mass is 19.1. The predicted molar refractivity (Wildman–Crippen MR) is 50.7 cm³/mol. The first-order chi connectivity index (χ1) is 7.51. The van der Waals surface area contributed by atoms with Gasteiger partial charge in [-0.05, 0) is 12.1 Å². The summed E-state index contributed by atoms with van der Waals surface area (Å²) in [7, 11) is 2.12. The van der Waals surface area contributed by atoms with Crippen LogP contribution in [-0.2, 0) is 9.47 Å². The number of rotatable bonds is 2. The average molecular weight is 228 g/mol. The van der Waals surface area contributed by atoms with E-state index in [1.165, 1.54) is 0 Å². The molecule has 0 aliphatic heterocycles. The first-order valence-corrected chi connectivity index (χ1v) is 4.20. The molecule has 0 bridgehead atoms. The van der Waals surface area contributed by atoms with Crippen molar-refractivity contribution in [2.45, 2.75) is 0 Å². The standard InChI is InChI=1S/C10H9FO5/c1-15-9(13)6-3-5(12)4-7(8(6)11)10(14)16-2/h3-4,12H,1-2H3. The molecule has 0 heterocycles. The van der Waals surface area contributed by atoms with Crippen LogP contribution in [0.1, 0.15) is 20.7 Å². The number of methoxy groups -OCH3 is 2. The molecule has 0 saturated heterocycles. The van der Waals surface area contributed by atoms with Gasteiger partial charge in [-0.3, -0.25) is 0 Å². The molecule has 0 fully saturated rings. The summed E-state index contributed by atoms with van der Waals surface area (Å²) >= 11 is 0. The second-order valence-corrected chi connectivity index (χ2v) is 2.84. The first kappa shape index (κ1) is 12.0. The molecule has 0 radical (unpaired) electrons. The van der Waals surface area contributed by atoms with Crippen LogP contribution in [0.2, 0.25) is 0 Å². The fourth-order valence-corrected chi connectivity index (χ4v) is 1.13. The van der Waals surface area contributed by atoms with Crippen LogP contribution in [-0.4, -0.2) is 31.3 Å². The SMILES string of the molecule is COC(=O)c1cc(O)cc(C(=O)OC)c1F. The van der Waals surface area contributed by atoms with E-state index in [2.05, 4.69) is 9.47 Å². The van der Waals surface area contributed by atoms with E-state index in [0.29, 0.717) is 0 Å². The summed E-state index contributed by atoms with van der Waals surface area (Å²) in [6, 6.07) is 1.74. The minimum Gasteiger partial charge on any atom is -0.508 e. The zero-order chi connectivity index (χ0) is 12.3. The van der Waals surface area contributed by atoms with E-state index >= 15 is 0 Å². The van der Waals surface area contributed by atoms with E-state index in [1.54, 1.807) is 0 Å². The number of ether oxygens (including phenoxy) is 2. The normalized spacial score (nSPS) is 9.69. The molecule has 0 spiro atoms. The Kier molecular flexibility index (Phi) is 3.44. The number of hydrogen-bond donors (Lipinski definition) is 1. The van der Waals surface area contributed by atoms with Crippen molar-refractivity contribution >= 4 is 11.9 Å². The maximum Gasteiger partial charge on any atom is 0.341 e. The van der Waals surface area contributed by atoms with E-state index in [0.717, 1.165) is 26.4 Å². The molecule has 0 atom stereocenters. The Morgan fingerprint density at radius 3 is 1.81 bits per heavy atom. The van der Waals surface area contributed by atoms with Gasteiger partial charge in [0, 0.05) is 0 Å². The molecular weight excluding hydrogens is 219 g/mol. The third-order valence-corrected chi connectivity index (χ3v) is 1.87. The first-order valence-electron chi connectivity index (χ1n) is 4.20. The largest absolute Gasteiger partial charge is 0.508 e. The van der Waals surface area contributed by atoms with Crippen LogP contribution in [0.3, 0.4) is 0 Å². The van der Waals surface area contributed by atoms with Gasteiger partial charge in [0.2, 0.25) is 0 Å². The number of hydrogen-bond acceptors (Lipinski definition) is 5. The number of aromatic hydroxyl groups is 1. The molecular formula is C10H9FO5. The van der Waals surface area contributed by atoms with Crippen LogP contribution in [0.5, 0.6) is 5.75 Å². The van der Waals surface area contributed by atoms with Crippen LogP contribution >= 0.6 is 0 Å². The monoisotopic (exact) mass is 228 g/mol. The Morgan fingerprint density at radius 1 is 1.12 bits per heavy atom. The maximum absolute atomic E-state index is 13.6. The molecule has 1 rings (SSSR count). The fourth-order valence-electron chi connectivity index (χ4n) is 1.13. The fraction of sp³-hybridized carbons (Fsp3) is 0.200. The zero-order valence-electron chi connectivity index (χ0n) is 8.61. The van der Waals surface area contributed by atoms with Crippen molar-refractivity contribution in [2.75, 3.05) is 14.2 Å². The molecule has 0 unspecified atom stereocenters. The number of esters is 2. The molecule has 16 heavy (non-hydrogen) atoms. The van der Waals surface area contributed by atoms with Crippen molar-refractivity contribution in [1.29, 1.82) is 0 Å². The van der Waals surface area contributed by atoms with E-state index in [9.17, 15) is 19.1 Å². The molecule has 0 aromatic heterocycles. The van der Waals surface area contributed by atoms with E-state index in [4.69, 9.17) is 0 Å². The summed E-state index contributed by atoms with van der Waals surface area (Å²) in [4.78, 5) is 22.2. The smallest absolute Gasteiger partial charge is 0.341 e. The Morgan fingerprint density at radius 2 is 1.50 bits per heavy atom. The predicted octanol–water partition coefficient (Wildman–Crippen LogP) is 1.10. The number of carbonyl (C=O) groups is 2. The number of halogens is 1. The Hall–Kier alpha value is -2.11. The van der Waals surface area contributed by atoms with Crippen molar-refractivity contribution in [3.8, 4) is 5.75 Å². The minimum absolute atomic E-state index is 0.429. The highest BCUT2D eigenvalue weighted by Crippen LogP contribution is 2.21. The Labute approximate surface area is 90.4 Å². The molecule has 1 aromatic rings. The summed E-state index contributed by atoms with van der Waals surface area (Å²) in [6.07, 6.45) is 0. The minimum atomic E-state index is -1.09. The van der Waals surface area contributed by atoms with Crippen molar-refractivity contribution in [1.82, 2.24) is 0 Å². The summed E-state index contributed by atoms with van der Waals surface area (Å²) in [5, 5.41) is 9.22. The number of phenolic OH excluding ortho intramolecular Hbond substituents is 1. The quantitative estimate of drug-likeness (QED) is 0.767. The van der Waals surface area contributed by atoms with Crippen LogP contribution in [0, 0.1) is 5.82 Å². The van der Waals surface area contributed by atoms with Gasteiger partial charge in [-0.1, -0.05) is 0 Å². The third-order valence-electron chi connectivity index (χ3n) is 1.87. The van der Waals surface area contributed by atoms with Crippen LogP contribution < -0.4 is 0 Å². The van der Waals surface area contributed by atoms with Gasteiger partial charge in [0.15, 0.2) is 5.82 Å². The highest BCUT2D eigenvalue weighted by molar-refractivity contribution is 5.96. The van der Waals surface area contributed by atoms with Gasteiger partial charge in [-0.15, -0.1) is 0 Å². The van der Waals surface area contributed by atoms with E-state index in [-0.39, 0.29) is 0 Å². The van der Waals surface area contributed by atoms with Gasteiger partial charge in [0.05, 0.1) is 25.3 Å². The lowest BCUT2D eigenvalue weighted by molar-refractivity contribution is 0.0587. The van der Waals surface area contributed by atoms with Gasteiger partial charge in [0.25, 0.3) is 0 Å². The molecule has 6 heteroatoms. The summed E-state index contributed by atoms with van der Waals surface area (Å²) in [5.74, 6) is -3.49. The van der Waals surface area contributed by atoms with Gasteiger partial charge in [-0.25, -0.2) is 14.0 Å². The van der Waals surface area contributed by atoms with Crippen molar-refractivity contribution in [3.63, 3.8) is 0 Å². The Balaban J connectivity index is 3.37. The number of carbonyl (C=O) groups excluding carboxylic acids is 2. The second-order valence-electron chi connectivity index (χ2n) is 2.84. The summed E-state index contributed by atoms with van der Waals surface area (Å²) < 4.78 is 22.2. The molecule has 5 nitrogen and oxygen atoms in total. The van der Waals surface area contributed by atoms with Gasteiger partial charge < -0.3 is 14.6 Å². The van der Waals surface area contributed by atoms with Gasteiger partial charge in [-0.2, -0.15) is 0 Å². The molecule has 0 saturated carbocycles. The van der Waals surface area contributed by atoms with Crippen LogP contribution in [0.4, 0.5) is 4.39 Å². The van der Waals surface area contributed by atoms with E-state index in [1.807, 2.05) is 0 Å². The van der Waals surface area contributed by atoms with Crippen molar-refractivity contribution in [3.05, 3.63) is 29.1 Å². The average Bonchev–Trinajstić information content (AvgIpc) is 2.29. The van der Waals surface area contributed by atoms with E-state index < -0.39 is 34.6 Å². The van der Waals surface area contributed by atoms with Crippen molar-refractivity contribution < 1.29 is 28.6 Å². The van der Waals surface area contributed by atoms with Crippen molar-refractivity contribution in [2.24, 2.45) is 0 Å². The van der Waals surface area contributed by atoms with Crippen LogP contribution in [0.25, 0.3) is 0 Å². The zero-order valence-corrected chi connectivity index (χ0v) is 8.61. The lowest BCUT2D eigenvalue weighted by Gasteiger charge is -2.06. The summed E-state index contributed by atoms with van der Waals surface area (Å²) in [5.41, 5.74) is -1.05. The lowest BCUT2D eigenvalue weighted by Crippen LogP contribution is -2.11. The lowest BCUT2D eigenvalue weighted by atomic mass is 10.1. The third kappa shape index (κ3) is 2.10. The highest BCUT2D eigenvalue weighted by Gasteiger charge is 2.22. The van der Waals surface area contributed by atoms with Gasteiger partial charge in [0.1, 0.15) is 5.75 Å². The molecule has 1 N–H and O–H groups in total.